The molecule has 100 valence electrons. The molecule has 0 amide bonds. The van der Waals surface area contributed by atoms with Crippen molar-refractivity contribution < 1.29 is 0 Å². The zero-order valence-corrected chi connectivity index (χ0v) is 12.2. The second-order valence-corrected chi connectivity index (χ2v) is 5.92. The van der Waals surface area contributed by atoms with Gasteiger partial charge in [-0.05, 0) is 43.4 Å². The summed E-state index contributed by atoms with van der Waals surface area (Å²) in [5.41, 5.74) is 1.33. The van der Waals surface area contributed by atoms with E-state index in [-0.39, 0.29) is 5.69 Å². The summed E-state index contributed by atoms with van der Waals surface area (Å²) in [4.78, 5) is 12.0. The lowest BCUT2D eigenvalue weighted by Crippen LogP contribution is -2.24. The highest BCUT2D eigenvalue weighted by Crippen LogP contribution is 2.32. The standard InChI is InChI=1S/C14H16BrN3O/c15-12-5-3-11(4-6-12)2-1-9-18-14(19)17(10-16-18)13-7-8-13/h3-6,10,13H,1-2,7-9H2. The Morgan fingerprint density at radius 1 is 1.26 bits per heavy atom. The van der Waals surface area contributed by atoms with Gasteiger partial charge in [0.2, 0.25) is 0 Å². The number of hydrogen-bond donors (Lipinski definition) is 0. The maximum Gasteiger partial charge on any atom is 0.345 e. The Morgan fingerprint density at radius 3 is 2.68 bits per heavy atom. The smallest absolute Gasteiger partial charge is 0.278 e. The fraction of sp³-hybridized carbons (Fsp3) is 0.429. The minimum atomic E-state index is 0.0401. The van der Waals surface area contributed by atoms with E-state index >= 15 is 0 Å². The molecule has 0 unspecified atom stereocenters. The van der Waals surface area contributed by atoms with Crippen LogP contribution in [0.1, 0.15) is 30.9 Å². The molecule has 0 bridgehead atoms. The van der Waals surface area contributed by atoms with Gasteiger partial charge in [0.1, 0.15) is 6.33 Å². The number of rotatable bonds is 5. The van der Waals surface area contributed by atoms with Crippen LogP contribution in [0.25, 0.3) is 0 Å². The Bertz CT molecular complexity index is 610. The van der Waals surface area contributed by atoms with E-state index in [0.29, 0.717) is 12.6 Å². The number of aryl methyl sites for hydroxylation is 2. The summed E-state index contributed by atoms with van der Waals surface area (Å²) in [5, 5.41) is 4.18. The molecule has 1 aliphatic carbocycles. The van der Waals surface area contributed by atoms with Crippen molar-refractivity contribution in [1.82, 2.24) is 14.3 Å². The molecule has 1 saturated carbocycles. The monoisotopic (exact) mass is 321 g/mol. The van der Waals surface area contributed by atoms with E-state index in [0.717, 1.165) is 30.2 Å². The molecule has 1 fully saturated rings. The van der Waals surface area contributed by atoms with Crippen LogP contribution in [0.15, 0.2) is 39.9 Å². The Balaban J connectivity index is 1.57. The van der Waals surface area contributed by atoms with Gasteiger partial charge in [0.15, 0.2) is 0 Å². The van der Waals surface area contributed by atoms with Crippen molar-refractivity contribution in [3.63, 3.8) is 0 Å². The first-order valence-electron chi connectivity index (χ1n) is 6.62. The molecule has 0 atom stereocenters. The molecular formula is C14H16BrN3O. The number of nitrogens with zero attached hydrogens (tertiary/aromatic N) is 3. The molecule has 1 aromatic heterocycles. The molecule has 19 heavy (non-hydrogen) atoms. The van der Waals surface area contributed by atoms with Gasteiger partial charge in [0, 0.05) is 17.1 Å². The third-order valence-electron chi connectivity index (χ3n) is 3.45. The predicted octanol–water partition coefficient (Wildman–Crippen LogP) is 2.78. The summed E-state index contributed by atoms with van der Waals surface area (Å²) in [7, 11) is 0. The van der Waals surface area contributed by atoms with Crippen LogP contribution in [0.4, 0.5) is 0 Å². The van der Waals surface area contributed by atoms with E-state index in [9.17, 15) is 4.79 Å². The van der Waals surface area contributed by atoms with Crippen molar-refractivity contribution in [1.29, 1.82) is 0 Å². The lowest BCUT2D eigenvalue weighted by Gasteiger charge is -2.02. The molecule has 0 spiro atoms. The van der Waals surface area contributed by atoms with E-state index in [1.54, 1.807) is 15.6 Å². The fourth-order valence-electron chi connectivity index (χ4n) is 2.19. The first kappa shape index (κ1) is 12.7. The van der Waals surface area contributed by atoms with Gasteiger partial charge in [0.05, 0.1) is 0 Å². The first-order valence-corrected chi connectivity index (χ1v) is 7.42. The Hall–Kier alpha value is -1.36. The molecule has 0 radical (unpaired) electrons. The molecule has 0 saturated heterocycles. The lowest BCUT2D eigenvalue weighted by molar-refractivity contribution is 0.548. The Kier molecular flexibility index (Phi) is 3.55. The summed E-state index contributed by atoms with van der Waals surface area (Å²) in [6.07, 6.45) is 5.81. The summed E-state index contributed by atoms with van der Waals surface area (Å²) >= 11 is 3.42. The lowest BCUT2D eigenvalue weighted by atomic mass is 10.1. The van der Waals surface area contributed by atoms with Gasteiger partial charge in [-0.2, -0.15) is 5.10 Å². The maximum atomic E-state index is 12.0. The highest BCUT2D eigenvalue weighted by molar-refractivity contribution is 9.10. The van der Waals surface area contributed by atoms with Gasteiger partial charge in [-0.1, -0.05) is 28.1 Å². The van der Waals surface area contributed by atoms with Crippen LogP contribution in [-0.2, 0) is 13.0 Å². The quantitative estimate of drug-likeness (QED) is 0.849. The number of hydrogen-bond acceptors (Lipinski definition) is 2. The topological polar surface area (TPSA) is 39.8 Å². The van der Waals surface area contributed by atoms with Crippen LogP contribution in [0.2, 0.25) is 0 Å². The van der Waals surface area contributed by atoms with Crippen molar-refractivity contribution >= 4 is 15.9 Å². The highest BCUT2D eigenvalue weighted by atomic mass is 79.9. The third kappa shape index (κ3) is 2.97. The first-order chi connectivity index (χ1) is 9.24. The zero-order chi connectivity index (χ0) is 13.2. The van der Waals surface area contributed by atoms with Crippen LogP contribution in [-0.4, -0.2) is 14.3 Å². The van der Waals surface area contributed by atoms with E-state index < -0.39 is 0 Å². The van der Waals surface area contributed by atoms with Crippen molar-refractivity contribution in [3.05, 3.63) is 51.1 Å². The molecule has 0 N–H and O–H groups in total. The van der Waals surface area contributed by atoms with Gasteiger partial charge in [-0.15, -0.1) is 0 Å². The van der Waals surface area contributed by atoms with Crippen molar-refractivity contribution in [2.24, 2.45) is 0 Å². The molecular weight excluding hydrogens is 306 g/mol. The Labute approximate surface area is 120 Å². The normalized spacial score (nSPS) is 14.8. The molecule has 4 nitrogen and oxygen atoms in total. The maximum absolute atomic E-state index is 12.0. The van der Waals surface area contributed by atoms with Gasteiger partial charge in [0.25, 0.3) is 0 Å². The molecule has 5 heteroatoms. The van der Waals surface area contributed by atoms with E-state index in [1.807, 2.05) is 12.1 Å². The second-order valence-electron chi connectivity index (χ2n) is 5.01. The minimum Gasteiger partial charge on any atom is -0.278 e. The average Bonchev–Trinajstić information content (AvgIpc) is 3.18. The van der Waals surface area contributed by atoms with Crippen LogP contribution < -0.4 is 5.69 Å². The minimum absolute atomic E-state index is 0.0401. The van der Waals surface area contributed by atoms with E-state index in [2.05, 4.69) is 33.2 Å². The van der Waals surface area contributed by atoms with Gasteiger partial charge < -0.3 is 0 Å². The molecule has 1 aliphatic rings. The largest absolute Gasteiger partial charge is 0.345 e. The summed E-state index contributed by atoms with van der Waals surface area (Å²) in [6.45, 7) is 0.689. The summed E-state index contributed by atoms with van der Waals surface area (Å²) < 4.78 is 4.44. The summed E-state index contributed by atoms with van der Waals surface area (Å²) in [5.74, 6) is 0. The van der Waals surface area contributed by atoms with E-state index in [1.165, 1.54) is 5.56 Å². The number of halogens is 1. The summed E-state index contributed by atoms with van der Waals surface area (Å²) in [6, 6.07) is 8.71. The molecule has 1 heterocycles. The van der Waals surface area contributed by atoms with Crippen LogP contribution in [0, 0.1) is 0 Å². The second kappa shape index (κ2) is 5.33. The van der Waals surface area contributed by atoms with Gasteiger partial charge in [-0.25, -0.2) is 9.48 Å². The van der Waals surface area contributed by atoms with Crippen molar-refractivity contribution in [2.45, 2.75) is 38.3 Å². The predicted molar refractivity (Wildman–Crippen MR) is 77.2 cm³/mol. The van der Waals surface area contributed by atoms with Gasteiger partial charge in [-0.3, -0.25) is 4.57 Å². The number of benzene rings is 1. The van der Waals surface area contributed by atoms with Crippen molar-refractivity contribution in [3.8, 4) is 0 Å². The third-order valence-corrected chi connectivity index (χ3v) is 3.97. The zero-order valence-electron chi connectivity index (χ0n) is 10.6. The molecule has 2 aromatic rings. The fourth-order valence-corrected chi connectivity index (χ4v) is 2.45. The Morgan fingerprint density at radius 2 is 2.00 bits per heavy atom. The van der Waals surface area contributed by atoms with Crippen LogP contribution >= 0.6 is 15.9 Å². The number of aromatic nitrogens is 3. The highest BCUT2D eigenvalue weighted by Gasteiger charge is 2.25. The van der Waals surface area contributed by atoms with Crippen LogP contribution in [0.5, 0.6) is 0 Å². The van der Waals surface area contributed by atoms with Crippen molar-refractivity contribution in [2.75, 3.05) is 0 Å². The van der Waals surface area contributed by atoms with Crippen LogP contribution in [0.3, 0.4) is 0 Å². The van der Waals surface area contributed by atoms with Gasteiger partial charge >= 0.3 is 5.69 Å². The molecule has 3 rings (SSSR count). The van der Waals surface area contributed by atoms with E-state index in [4.69, 9.17) is 0 Å². The molecule has 1 aromatic carbocycles. The molecule has 0 aliphatic heterocycles. The SMILES string of the molecule is O=c1n(C2CC2)cnn1CCCc1ccc(Br)cc1. The average molecular weight is 322 g/mol.